The first-order valence-corrected chi connectivity index (χ1v) is 7.55. The van der Waals surface area contributed by atoms with Crippen LogP contribution in [-0.2, 0) is 5.54 Å². The minimum Gasteiger partial charge on any atom is -0.363 e. The zero-order valence-electron chi connectivity index (χ0n) is 12.7. The molecule has 3 rings (SSSR count). The summed E-state index contributed by atoms with van der Waals surface area (Å²) < 4.78 is 0. The monoisotopic (exact) mass is 282 g/mol. The summed E-state index contributed by atoms with van der Waals surface area (Å²) in [5.41, 5.74) is 2.37. The summed E-state index contributed by atoms with van der Waals surface area (Å²) >= 11 is 0. The molecule has 0 saturated carbocycles. The third kappa shape index (κ3) is 2.76. The van der Waals surface area contributed by atoms with E-state index < -0.39 is 0 Å². The summed E-state index contributed by atoms with van der Waals surface area (Å²) in [6.07, 6.45) is 6.51. The molecule has 2 aromatic rings. The van der Waals surface area contributed by atoms with E-state index in [9.17, 15) is 0 Å². The molecule has 2 unspecified atom stereocenters. The molecule has 110 valence electrons. The molecule has 0 spiro atoms. The van der Waals surface area contributed by atoms with Gasteiger partial charge in [-0.15, -0.1) is 0 Å². The minimum absolute atomic E-state index is 0.0528. The molecular formula is C17H22N4. The van der Waals surface area contributed by atoms with Crippen LogP contribution in [0.25, 0.3) is 0 Å². The Kier molecular flexibility index (Phi) is 3.88. The van der Waals surface area contributed by atoms with Gasteiger partial charge in [0.05, 0.1) is 23.6 Å². The molecule has 1 fully saturated rings. The van der Waals surface area contributed by atoms with E-state index in [1.807, 2.05) is 12.4 Å². The molecule has 4 heteroatoms. The lowest BCUT2D eigenvalue weighted by Crippen LogP contribution is -2.61. The highest BCUT2D eigenvalue weighted by Crippen LogP contribution is 2.30. The van der Waals surface area contributed by atoms with Gasteiger partial charge in [0.25, 0.3) is 0 Å². The molecule has 1 aromatic carbocycles. The molecule has 0 amide bonds. The van der Waals surface area contributed by atoms with E-state index in [0.717, 1.165) is 25.2 Å². The first kappa shape index (κ1) is 14.0. The molecule has 0 bridgehead atoms. The summed E-state index contributed by atoms with van der Waals surface area (Å²) in [5, 5.41) is 3.73. The number of aromatic nitrogens is 2. The molecule has 1 N–H and O–H groups in total. The van der Waals surface area contributed by atoms with Gasteiger partial charge in [0, 0.05) is 19.1 Å². The number of rotatable bonds is 3. The van der Waals surface area contributed by atoms with E-state index in [1.54, 1.807) is 6.33 Å². The third-order valence-corrected chi connectivity index (χ3v) is 4.42. The molecular weight excluding hydrogens is 260 g/mol. The van der Waals surface area contributed by atoms with Gasteiger partial charge in [0.1, 0.15) is 6.33 Å². The van der Waals surface area contributed by atoms with E-state index in [-0.39, 0.29) is 5.54 Å². The fourth-order valence-electron chi connectivity index (χ4n) is 3.08. The van der Waals surface area contributed by atoms with Crippen molar-refractivity contribution < 1.29 is 0 Å². The Morgan fingerprint density at radius 3 is 2.62 bits per heavy atom. The van der Waals surface area contributed by atoms with Crippen molar-refractivity contribution in [2.45, 2.75) is 31.8 Å². The van der Waals surface area contributed by atoms with Gasteiger partial charge in [0.15, 0.2) is 0 Å². The van der Waals surface area contributed by atoms with Gasteiger partial charge in [-0.25, -0.2) is 9.97 Å². The summed E-state index contributed by atoms with van der Waals surface area (Å²) in [6, 6.07) is 11.1. The Bertz CT molecular complexity index is 572. The highest BCUT2D eigenvalue weighted by molar-refractivity contribution is 5.46. The van der Waals surface area contributed by atoms with Crippen LogP contribution in [0, 0.1) is 0 Å². The van der Waals surface area contributed by atoms with Crippen molar-refractivity contribution in [3.63, 3.8) is 0 Å². The minimum atomic E-state index is -0.0528. The van der Waals surface area contributed by atoms with Crippen molar-refractivity contribution in [2.24, 2.45) is 0 Å². The molecule has 4 nitrogen and oxygen atoms in total. The normalized spacial score (nSPS) is 25.8. The lowest BCUT2D eigenvalue weighted by atomic mass is 9.87. The van der Waals surface area contributed by atoms with Crippen molar-refractivity contribution in [2.75, 3.05) is 18.0 Å². The van der Waals surface area contributed by atoms with E-state index >= 15 is 0 Å². The van der Waals surface area contributed by atoms with Crippen LogP contribution in [0.1, 0.15) is 25.8 Å². The first-order chi connectivity index (χ1) is 10.2. The Morgan fingerprint density at radius 2 is 1.95 bits per heavy atom. The van der Waals surface area contributed by atoms with Crippen molar-refractivity contribution in [3.8, 4) is 0 Å². The van der Waals surface area contributed by atoms with Gasteiger partial charge >= 0.3 is 0 Å². The first-order valence-electron chi connectivity index (χ1n) is 7.55. The van der Waals surface area contributed by atoms with Crippen LogP contribution in [0.5, 0.6) is 0 Å². The Morgan fingerprint density at radius 1 is 1.24 bits per heavy atom. The number of piperazine rings is 1. The molecule has 1 aliphatic rings. The van der Waals surface area contributed by atoms with Crippen LogP contribution in [-0.4, -0.2) is 29.1 Å². The van der Waals surface area contributed by atoms with E-state index in [2.05, 4.69) is 64.4 Å². The zero-order valence-corrected chi connectivity index (χ0v) is 12.7. The van der Waals surface area contributed by atoms with E-state index in [0.29, 0.717) is 6.04 Å². The average Bonchev–Trinajstić information content (AvgIpc) is 2.56. The van der Waals surface area contributed by atoms with Gasteiger partial charge in [-0.1, -0.05) is 37.3 Å². The van der Waals surface area contributed by atoms with Gasteiger partial charge < -0.3 is 10.2 Å². The van der Waals surface area contributed by atoms with Crippen molar-refractivity contribution >= 4 is 5.69 Å². The fraction of sp³-hybridized carbons (Fsp3) is 0.412. The van der Waals surface area contributed by atoms with Crippen LogP contribution >= 0.6 is 0 Å². The molecule has 0 radical (unpaired) electrons. The maximum absolute atomic E-state index is 4.18. The Labute approximate surface area is 126 Å². The van der Waals surface area contributed by atoms with Gasteiger partial charge in [-0.2, -0.15) is 0 Å². The molecule has 0 aliphatic carbocycles. The summed E-state index contributed by atoms with van der Waals surface area (Å²) in [5.74, 6) is 0. The largest absolute Gasteiger partial charge is 0.363 e. The molecule has 1 aliphatic heterocycles. The maximum atomic E-state index is 4.18. The topological polar surface area (TPSA) is 41.0 Å². The van der Waals surface area contributed by atoms with E-state index in [1.165, 1.54) is 5.56 Å². The number of nitrogens with one attached hydrogen (secondary N) is 1. The quantitative estimate of drug-likeness (QED) is 0.939. The summed E-state index contributed by atoms with van der Waals surface area (Å²) in [6.45, 7) is 6.39. The molecule has 1 saturated heterocycles. The van der Waals surface area contributed by atoms with E-state index in [4.69, 9.17) is 0 Å². The van der Waals surface area contributed by atoms with Gasteiger partial charge in [-0.05, 0) is 18.9 Å². The molecule has 21 heavy (non-hydrogen) atoms. The maximum Gasteiger partial charge on any atom is 0.115 e. The Balaban J connectivity index is 1.91. The zero-order chi connectivity index (χ0) is 14.7. The molecule has 2 atom stereocenters. The van der Waals surface area contributed by atoms with Gasteiger partial charge in [0.2, 0.25) is 0 Å². The highest BCUT2D eigenvalue weighted by Gasteiger charge is 2.36. The molecule has 2 heterocycles. The lowest BCUT2D eigenvalue weighted by molar-refractivity contribution is 0.288. The van der Waals surface area contributed by atoms with Crippen LogP contribution in [0.15, 0.2) is 49.1 Å². The second kappa shape index (κ2) is 5.82. The summed E-state index contributed by atoms with van der Waals surface area (Å²) in [4.78, 5) is 10.8. The standard InChI is InChI=1S/C17H22N4/c1-3-15-11-20-17(2,14-7-5-4-6-8-14)12-21(15)16-9-18-13-19-10-16/h4-10,13,15,20H,3,11-12H2,1-2H3. The average molecular weight is 282 g/mol. The molecule has 1 aromatic heterocycles. The van der Waals surface area contributed by atoms with Crippen molar-refractivity contribution in [3.05, 3.63) is 54.6 Å². The summed E-state index contributed by atoms with van der Waals surface area (Å²) in [7, 11) is 0. The predicted octanol–water partition coefficient (Wildman–Crippen LogP) is 2.58. The Hall–Kier alpha value is -1.94. The van der Waals surface area contributed by atoms with Gasteiger partial charge in [-0.3, -0.25) is 0 Å². The number of benzene rings is 1. The van der Waals surface area contributed by atoms with Crippen LogP contribution in [0.4, 0.5) is 5.69 Å². The van der Waals surface area contributed by atoms with Crippen LogP contribution < -0.4 is 10.2 Å². The lowest BCUT2D eigenvalue weighted by Gasteiger charge is -2.47. The number of hydrogen-bond acceptors (Lipinski definition) is 4. The smallest absolute Gasteiger partial charge is 0.115 e. The number of nitrogens with zero attached hydrogens (tertiary/aromatic N) is 3. The SMILES string of the molecule is CCC1CNC(C)(c2ccccc2)CN1c1cncnc1. The van der Waals surface area contributed by atoms with Crippen LogP contribution in [0.3, 0.4) is 0 Å². The van der Waals surface area contributed by atoms with Crippen molar-refractivity contribution in [1.29, 1.82) is 0 Å². The van der Waals surface area contributed by atoms with Crippen molar-refractivity contribution in [1.82, 2.24) is 15.3 Å². The number of hydrogen-bond donors (Lipinski definition) is 1. The third-order valence-electron chi connectivity index (χ3n) is 4.42. The number of anilines is 1. The second-order valence-corrected chi connectivity index (χ2v) is 5.87. The van der Waals surface area contributed by atoms with Crippen LogP contribution in [0.2, 0.25) is 0 Å². The predicted molar refractivity (Wildman–Crippen MR) is 85.3 cm³/mol. The second-order valence-electron chi connectivity index (χ2n) is 5.87. The fourth-order valence-corrected chi connectivity index (χ4v) is 3.08. The highest BCUT2D eigenvalue weighted by atomic mass is 15.3.